The third kappa shape index (κ3) is 4.91. The van der Waals surface area contributed by atoms with Gasteiger partial charge in [-0.25, -0.2) is 0 Å². The smallest absolute Gasteiger partial charge is 0.220 e. The summed E-state index contributed by atoms with van der Waals surface area (Å²) in [6, 6.07) is 6.12. The number of rotatable bonds is 7. The molecule has 1 aromatic rings. The van der Waals surface area contributed by atoms with Gasteiger partial charge >= 0.3 is 0 Å². The number of carbonyl (C=O) groups excluding carboxylic acids is 1. The molecule has 0 bridgehead atoms. The van der Waals surface area contributed by atoms with Gasteiger partial charge in [-0.3, -0.25) is 4.79 Å². The lowest BCUT2D eigenvalue weighted by atomic mass is 10.0. The van der Waals surface area contributed by atoms with E-state index in [4.69, 9.17) is 10.5 Å². The highest BCUT2D eigenvalue weighted by molar-refractivity contribution is 5.75. The Morgan fingerprint density at radius 2 is 2.16 bits per heavy atom. The van der Waals surface area contributed by atoms with Gasteiger partial charge in [-0.2, -0.15) is 0 Å². The van der Waals surface area contributed by atoms with E-state index in [9.17, 15) is 4.79 Å². The molecule has 0 fully saturated rings. The van der Waals surface area contributed by atoms with E-state index in [-0.39, 0.29) is 5.91 Å². The number of ether oxygens (including phenoxy) is 1. The predicted molar refractivity (Wildman–Crippen MR) is 77.2 cm³/mol. The number of methoxy groups -OCH3 is 1. The highest BCUT2D eigenvalue weighted by atomic mass is 16.5. The lowest BCUT2D eigenvalue weighted by Crippen LogP contribution is -2.23. The topological polar surface area (TPSA) is 64.3 Å². The number of amides is 1. The highest BCUT2D eigenvalue weighted by Gasteiger charge is 2.08. The van der Waals surface area contributed by atoms with Gasteiger partial charge in [0, 0.05) is 18.5 Å². The van der Waals surface area contributed by atoms with E-state index in [2.05, 4.69) is 25.2 Å². The molecule has 4 nitrogen and oxygen atoms in total. The van der Waals surface area contributed by atoms with Crippen LogP contribution in [0, 0.1) is 0 Å². The molecule has 106 valence electrons. The van der Waals surface area contributed by atoms with Crippen LogP contribution in [0.25, 0.3) is 0 Å². The summed E-state index contributed by atoms with van der Waals surface area (Å²) in [5, 5.41) is 2.88. The number of nitrogens with two attached hydrogens (primary N) is 1. The van der Waals surface area contributed by atoms with E-state index in [0.29, 0.717) is 25.4 Å². The molecular weight excluding hydrogens is 240 g/mol. The molecular formula is C15H24N2O2. The maximum absolute atomic E-state index is 11.5. The summed E-state index contributed by atoms with van der Waals surface area (Å²) in [5.41, 5.74) is 7.60. The second-order valence-electron chi connectivity index (χ2n) is 4.89. The van der Waals surface area contributed by atoms with Gasteiger partial charge in [0.15, 0.2) is 0 Å². The molecule has 1 rings (SSSR count). The Bertz CT molecular complexity index is 417. The molecule has 0 aliphatic carbocycles. The first kappa shape index (κ1) is 15.5. The maximum Gasteiger partial charge on any atom is 0.220 e. The van der Waals surface area contributed by atoms with Gasteiger partial charge in [-0.15, -0.1) is 0 Å². The quantitative estimate of drug-likeness (QED) is 0.793. The molecule has 19 heavy (non-hydrogen) atoms. The number of nitrogens with one attached hydrogen (secondary N) is 1. The highest BCUT2D eigenvalue weighted by Crippen LogP contribution is 2.24. The lowest BCUT2D eigenvalue weighted by molar-refractivity contribution is -0.121. The first-order chi connectivity index (χ1) is 9.08. The van der Waals surface area contributed by atoms with Gasteiger partial charge in [-0.05, 0) is 30.5 Å². The van der Waals surface area contributed by atoms with Crippen LogP contribution in [-0.4, -0.2) is 19.6 Å². The van der Waals surface area contributed by atoms with Crippen molar-refractivity contribution in [1.29, 1.82) is 0 Å². The largest absolute Gasteiger partial charge is 0.496 e. The Hall–Kier alpha value is -1.55. The predicted octanol–water partition coefficient (Wildman–Crippen LogP) is 2.17. The van der Waals surface area contributed by atoms with E-state index >= 15 is 0 Å². The van der Waals surface area contributed by atoms with E-state index in [1.807, 2.05) is 12.1 Å². The molecule has 0 aliphatic heterocycles. The Labute approximate surface area is 115 Å². The molecule has 1 amide bonds. The molecule has 1 aromatic carbocycles. The fourth-order valence-electron chi connectivity index (χ4n) is 1.81. The lowest BCUT2D eigenvalue weighted by Gasteiger charge is -2.13. The zero-order valence-corrected chi connectivity index (χ0v) is 12.0. The minimum Gasteiger partial charge on any atom is -0.496 e. The number of hydrogen-bond acceptors (Lipinski definition) is 3. The SMILES string of the molecule is COc1cc(C(C)C)ccc1CNC(=O)CCCN. The summed E-state index contributed by atoms with van der Waals surface area (Å²) in [7, 11) is 1.65. The maximum atomic E-state index is 11.5. The Kier molecular flexibility index (Phi) is 6.36. The Balaban J connectivity index is 2.65. The second-order valence-corrected chi connectivity index (χ2v) is 4.89. The second kappa shape index (κ2) is 7.79. The van der Waals surface area contributed by atoms with Crippen LogP contribution in [0.3, 0.4) is 0 Å². The van der Waals surface area contributed by atoms with Crippen molar-refractivity contribution in [2.75, 3.05) is 13.7 Å². The van der Waals surface area contributed by atoms with Crippen molar-refractivity contribution >= 4 is 5.91 Å². The summed E-state index contributed by atoms with van der Waals surface area (Å²) >= 11 is 0. The van der Waals surface area contributed by atoms with Crippen LogP contribution in [0.15, 0.2) is 18.2 Å². The first-order valence-corrected chi connectivity index (χ1v) is 6.72. The Morgan fingerprint density at radius 1 is 1.42 bits per heavy atom. The zero-order chi connectivity index (χ0) is 14.3. The number of carbonyl (C=O) groups is 1. The average molecular weight is 264 g/mol. The molecule has 0 aromatic heterocycles. The molecule has 0 saturated carbocycles. The Morgan fingerprint density at radius 3 is 2.74 bits per heavy atom. The van der Waals surface area contributed by atoms with Gasteiger partial charge in [0.2, 0.25) is 5.91 Å². The van der Waals surface area contributed by atoms with E-state index in [0.717, 1.165) is 17.7 Å². The van der Waals surface area contributed by atoms with Crippen molar-refractivity contribution in [3.63, 3.8) is 0 Å². The molecule has 0 saturated heterocycles. The molecule has 0 radical (unpaired) electrons. The minimum atomic E-state index is 0.0282. The van der Waals surface area contributed by atoms with Crippen LogP contribution in [0.1, 0.15) is 43.7 Å². The summed E-state index contributed by atoms with van der Waals surface area (Å²) in [6.45, 7) is 5.32. The molecule has 0 atom stereocenters. The summed E-state index contributed by atoms with van der Waals surface area (Å²) in [6.07, 6.45) is 1.19. The zero-order valence-electron chi connectivity index (χ0n) is 12.0. The minimum absolute atomic E-state index is 0.0282. The van der Waals surface area contributed by atoms with Crippen molar-refractivity contribution in [2.45, 2.75) is 39.2 Å². The fraction of sp³-hybridized carbons (Fsp3) is 0.533. The summed E-state index contributed by atoms with van der Waals surface area (Å²) in [5.74, 6) is 1.31. The van der Waals surface area contributed by atoms with Crippen molar-refractivity contribution in [2.24, 2.45) is 5.73 Å². The van der Waals surface area contributed by atoms with Gasteiger partial charge < -0.3 is 15.8 Å². The third-order valence-electron chi connectivity index (χ3n) is 3.06. The standard InChI is InChI=1S/C15H24N2O2/c1-11(2)12-6-7-13(14(9-12)19-3)10-17-15(18)5-4-8-16/h6-7,9,11H,4-5,8,10,16H2,1-3H3,(H,17,18). The normalized spacial score (nSPS) is 10.6. The van der Waals surface area contributed by atoms with Crippen molar-refractivity contribution in [3.05, 3.63) is 29.3 Å². The molecule has 0 aliphatic rings. The monoisotopic (exact) mass is 264 g/mol. The molecule has 4 heteroatoms. The molecule has 0 spiro atoms. The molecule has 0 unspecified atom stereocenters. The van der Waals surface area contributed by atoms with Crippen LogP contribution in [0.5, 0.6) is 5.75 Å². The van der Waals surface area contributed by atoms with Crippen LogP contribution in [-0.2, 0) is 11.3 Å². The van der Waals surface area contributed by atoms with Crippen LogP contribution >= 0.6 is 0 Å². The molecule has 0 heterocycles. The van der Waals surface area contributed by atoms with Gasteiger partial charge in [0.05, 0.1) is 7.11 Å². The average Bonchev–Trinajstić information content (AvgIpc) is 2.42. The first-order valence-electron chi connectivity index (χ1n) is 6.72. The van der Waals surface area contributed by atoms with Gasteiger partial charge in [-0.1, -0.05) is 26.0 Å². The van der Waals surface area contributed by atoms with Crippen LogP contribution in [0.2, 0.25) is 0 Å². The van der Waals surface area contributed by atoms with E-state index in [1.54, 1.807) is 7.11 Å². The van der Waals surface area contributed by atoms with Crippen LogP contribution in [0.4, 0.5) is 0 Å². The van der Waals surface area contributed by atoms with Crippen LogP contribution < -0.4 is 15.8 Å². The number of benzene rings is 1. The van der Waals surface area contributed by atoms with E-state index < -0.39 is 0 Å². The van der Waals surface area contributed by atoms with Crippen molar-refractivity contribution in [3.8, 4) is 5.75 Å². The summed E-state index contributed by atoms with van der Waals surface area (Å²) < 4.78 is 5.38. The van der Waals surface area contributed by atoms with Crippen molar-refractivity contribution in [1.82, 2.24) is 5.32 Å². The fourth-order valence-corrected chi connectivity index (χ4v) is 1.81. The number of hydrogen-bond donors (Lipinski definition) is 2. The van der Waals surface area contributed by atoms with Crippen molar-refractivity contribution < 1.29 is 9.53 Å². The third-order valence-corrected chi connectivity index (χ3v) is 3.06. The molecule has 3 N–H and O–H groups in total. The summed E-state index contributed by atoms with van der Waals surface area (Å²) in [4.78, 5) is 11.5. The van der Waals surface area contributed by atoms with E-state index in [1.165, 1.54) is 5.56 Å². The van der Waals surface area contributed by atoms with Gasteiger partial charge in [0.25, 0.3) is 0 Å². The van der Waals surface area contributed by atoms with Gasteiger partial charge in [0.1, 0.15) is 5.75 Å².